The van der Waals surface area contributed by atoms with Gasteiger partial charge in [-0.3, -0.25) is 9.59 Å². The zero-order valence-corrected chi connectivity index (χ0v) is 17.4. The maximum atomic E-state index is 13.4. The van der Waals surface area contributed by atoms with Crippen molar-refractivity contribution in [2.24, 2.45) is 0 Å². The van der Waals surface area contributed by atoms with Crippen molar-refractivity contribution in [1.82, 2.24) is 14.8 Å². The molecule has 6 nitrogen and oxygen atoms in total. The van der Waals surface area contributed by atoms with E-state index in [1.54, 1.807) is 22.9 Å². The summed E-state index contributed by atoms with van der Waals surface area (Å²) in [6, 6.07) is 12.2. The van der Waals surface area contributed by atoms with Gasteiger partial charge in [0.05, 0.1) is 6.54 Å². The van der Waals surface area contributed by atoms with Gasteiger partial charge in [-0.1, -0.05) is 18.2 Å². The number of aromatic nitrogens is 1. The third kappa shape index (κ3) is 6.54. The number of aryl methyl sites for hydroxylation is 2. The molecule has 30 heavy (non-hydrogen) atoms. The predicted octanol–water partition coefficient (Wildman–Crippen LogP) is 2.89. The van der Waals surface area contributed by atoms with Crippen LogP contribution in [0.1, 0.15) is 30.5 Å². The minimum Gasteiger partial charge on any atom is -0.368 e. The molecule has 2 amide bonds. The van der Waals surface area contributed by atoms with Gasteiger partial charge >= 0.3 is 0 Å². The van der Waals surface area contributed by atoms with Crippen LogP contribution in [0, 0.1) is 5.82 Å². The van der Waals surface area contributed by atoms with E-state index in [-0.39, 0.29) is 30.6 Å². The smallest absolute Gasteiger partial charge is 0.241 e. The molecule has 160 valence electrons. The van der Waals surface area contributed by atoms with Gasteiger partial charge in [-0.05, 0) is 55.5 Å². The number of amides is 2. The zero-order chi connectivity index (χ0) is 21.3. The number of carbonyl (C=O) groups is 2. The van der Waals surface area contributed by atoms with Crippen LogP contribution in [-0.4, -0.2) is 59.8 Å². The molecule has 1 aliphatic rings. The van der Waals surface area contributed by atoms with E-state index in [9.17, 15) is 14.0 Å². The molecular formula is C23H29FN4O2. The van der Waals surface area contributed by atoms with Crippen molar-refractivity contribution in [2.75, 3.05) is 38.5 Å². The van der Waals surface area contributed by atoms with Gasteiger partial charge in [-0.2, -0.15) is 0 Å². The van der Waals surface area contributed by atoms with Crippen molar-refractivity contribution in [1.29, 1.82) is 0 Å². The van der Waals surface area contributed by atoms with E-state index >= 15 is 0 Å². The number of anilines is 1. The van der Waals surface area contributed by atoms with Crippen molar-refractivity contribution in [3.05, 3.63) is 59.5 Å². The molecule has 0 saturated heterocycles. The standard InChI is InChI=1S/C23H29FN4O2/c1-27-15-13-25-21-10-5-9-20(26-21)8-2-3-14-28(17-23(27)30)22(29)12-11-18-6-4-7-19(24)16-18/h4-7,9-10,16H,2-3,8,11-15,17H2,1H3,(H,25,26). The molecule has 2 heterocycles. The molecule has 0 aliphatic carbocycles. The van der Waals surface area contributed by atoms with Gasteiger partial charge in [-0.25, -0.2) is 9.37 Å². The van der Waals surface area contributed by atoms with Crippen molar-refractivity contribution < 1.29 is 14.0 Å². The highest BCUT2D eigenvalue weighted by molar-refractivity contribution is 5.84. The molecule has 0 radical (unpaired) electrons. The van der Waals surface area contributed by atoms with E-state index in [1.807, 2.05) is 24.3 Å². The Balaban J connectivity index is 1.64. The first-order valence-electron chi connectivity index (χ1n) is 10.5. The monoisotopic (exact) mass is 412 g/mol. The highest BCUT2D eigenvalue weighted by Gasteiger charge is 2.19. The lowest BCUT2D eigenvalue weighted by molar-refractivity contribution is -0.139. The first-order valence-corrected chi connectivity index (χ1v) is 10.5. The second-order valence-electron chi connectivity index (χ2n) is 7.66. The fraction of sp³-hybridized carbons (Fsp3) is 0.435. The summed E-state index contributed by atoms with van der Waals surface area (Å²) in [5.74, 6) is 0.349. The van der Waals surface area contributed by atoms with E-state index in [4.69, 9.17) is 0 Å². The summed E-state index contributed by atoms with van der Waals surface area (Å²) in [4.78, 5) is 33.3. The van der Waals surface area contributed by atoms with E-state index in [2.05, 4.69) is 10.3 Å². The molecule has 1 N–H and O–H groups in total. The Kier molecular flexibility index (Phi) is 7.76. The highest BCUT2D eigenvalue weighted by atomic mass is 19.1. The van der Waals surface area contributed by atoms with Crippen LogP contribution in [0.25, 0.3) is 0 Å². The first kappa shape index (κ1) is 21.7. The Morgan fingerprint density at radius 2 is 2.00 bits per heavy atom. The molecule has 3 rings (SSSR count). The Labute approximate surface area is 177 Å². The molecule has 2 aromatic rings. The van der Waals surface area contributed by atoms with Crippen LogP contribution in [0.2, 0.25) is 0 Å². The Morgan fingerprint density at radius 3 is 2.83 bits per heavy atom. The third-order valence-electron chi connectivity index (χ3n) is 5.29. The van der Waals surface area contributed by atoms with Crippen molar-refractivity contribution in [2.45, 2.75) is 32.1 Å². The molecule has 1 aliphatic heterocycles. The van der Waals surface area contributed by atoms with Crippen molar-refractivity contribution >= 4 is 17.6 Å². The van der Waals surface area contributed by atoms with Crippen LogP contribution in [0.15, 0.2) is 42.5 Å². The summed E-state index contributed by atoms with van der Waals surface area (Å²) < 4.78 is 13.4. The van der Waals surface area contributed by atoms with E-state index < -0.39 is 0 Å². The number of rotatable bonds is 3. The van der Waals surface area contributed by atoms with Crippen LogP contribution < -0.4 is 5.32 Å². The topological polar surface area (TPSA) is 65.5 Å². The largest absolute Gasteiger partial charge is 0.368 e. The van der Waals surface area contributed by atoms with Gasteiger partial charge in [0.1, 0.15) is 11.6 Å². The number of hydrogen-bond acceptors (Lipinski definition) is 4. The molecule has 0 fully saturated rings. The van der Waals surface area contributed by atoms with Gasteiger partial charge < -0.3 is 15.1 Å². The van der Waals surface area contributed by atoms with Crippen LogP contribution in [0.3, 0.4) is 0 Å². The summed E-state index contributed by atoms with van der Waals surface area (Å²) in [6.45, 7) is 1.71. The fourth-order valence-electron chi connectivity index (χ4n) is 3.48. The maximum Gasteiger partial charge on any atom is 0.241 e. The first-order chi connectivity index (χ1) is 14.5. The van der Waals surface area contributed by atoms with Gasteiger partial charge in [-0.15, -0.1) is 0 Å². The second-order valence-corrected chi connectivity index (χ2v) is 7.66. The zero-order valence-electron chi connectivity index (χ0n) is 17.4. The summed E-state index contributed by atoms with van der Waals surface area (Å²) in [5, 5.41) is 3.25. The lowest BCUT2D eigenvalue weighted by Crippen LogP contribution is -2.43. The maximum absolute atomic E-state index is 13.4. The van der Waals surface area contributed by atoms with Crippen molar-refractivity contribution in [3.8, 4) is 0 Å². The average Bonchev–Trinajstić information content (AvgIpc) is 2.73. The molecule has 0 spiro atoms. The lowest BCUT2D eigenvalue weighted by Gasteiger charge is -2.26. The summed E-state index contributed by atoms with van der Waals surface area (Å²) >= 11 is 0. The molecule has 0 saturated carbocycles. The van der Waals surface area contributed by atoms with Crippen LogP contribution in [0.4, 0.5) is 10.2 Å². The lowest BCUT2D eigenvalue weighted by atomic mass is 10.1. The number of nitrogens with one attached hydrogen (secondary N) is 1. The van der Waals surface area contributed by atoms with E-state index in [1.165, 1.54) is 12.1 Å². The minimum atomic E-state index is -0.304. The van der Waals surface area contributed by atoms with E-state index in [0.717, 1.165) is 36.3 Å². The van der Waals surface area contributed by atoms with Gasteiger partial charge in [0.2, 0.25) is 11.8 Å². The number of halogens is 1. The number of likely N-dealkylation sites (N-methyl/N-ethyl adjacent to an activating group) is 1. The molecule has 2 bridgehead atoms. The number of nitrogens with zero attached hydrogens (tertiary/aromatic N) is 3. The second kappa shape index (κ2) is 10.7. The minimum absolute atomic E-state index is 0.0715. The average molecular weight is 413 g/mol. The van der Waals surface area contributed by atoms with Crippen LogP contribution in [-0.2, 0) is 22.4 Å². The normalized spacial score (nSPS) is 16.0. The Hall–Kier alpha value is -2.96. The molecule has 7 heteroatoms. The highest BCUT2D eigenvalue weighted by Crippen LogP contribution is 2.11. The van der Waals surface area contributed by atoms with E-state index in [0.29, 0.717) is 26.1 Å². The molecule has 0 unspecified atom stereocenters. The number of hydrogen-bond donors (Lipinski definition) is 1. The van der Waals surface area contributed by atoms with Gasteiger partial charge in [0, 0.05) is 38.8 Å². The number of benzene rings is 1. The number of pyridine rings is 1. The quantitative estimate of drug-likeness (QED) is 0.842. The van der Waals surface area contributed by atoms with Crippen LogP contribution >= 0.6 is 0 Å². The molecule has 1 aromatic heterocycles. The Bertz CT molecular complexity index is 874. The van der Waals surface area contributed by atoms with Crippen molar-refractivity contribution in [3.63, 3.8) is 0 Å². The van der Waals surface area contributed by atoms with Crippen LogP contribution in [0.5, 0.6) is 0 Å². The third-order valence-corrected chi connectivity index (χ3v) is 5.29. The summed E-state index contributed by atoms with van der Waals surface area (Å²) in [6.07, 6.45) is 3.22. The Morgan fingerprint density at radius 1 is 1.17 bits per heavy atom. The fourth-order valence-corrected chi connectivity index (χ4v) is 3.48. The summed E-state index contributed by atoms with van der Waals surface area (Å²) in [7, 11) is 1.75. The molecular weight excluding hydrogens is 383 g/mol. The van der Waals surface area contributed by atoms with Gasteiger partial charge in [0.15, 0.2) is 0 Å². The predicted molar refractivity (Wildman–Crippen MR) is 115 cm³/mol. The SMILES string of the molecule is CN1CCNc2cccc(n2)CCCCN(C(=O)CCc2cccc(F)c2)CC1=O. The van der Waals surface area contributed by atoms with Gasteiger partial charge in [0.25, 0.3) is 0 Å². The number of fused-ring (bicyclic) bond motifs is 2. The number of carbonyl (C=O) groups excluding carboxylic acids is 2. The summed E-state index contributed by atoms with van der Waals surface area (Å²) in [5.41, 5.74) is 1.80. The molecule has 0 atom stereocenters. The molecule has 1 aromatic carbocycles.